The molecule has 2 heteroatoms. The van der Waals surface area contributed by atoms with Crippen molar-refractivity contribution in [2.75, 3.05) is 0 Å². The maximum absolute atomic E-state index is 9.18. The molecule has 4 aromatic rings. The number of nitriles is 1. The van der Waals surface area contributed by atoms with Gasteiger partial charge in [0.2, 0.25) is 0 Å². The fraction of sp³-hybridized carbons (Fsp3) is 0.345. The molecule has 0 bridgehead atoms. The molecule has 4 rings (SSSR count). The summed E-state index contributed by atoms with van der Waals surface area (Å²) < 4.78 is 2.34. The first-order chi connectivity index (χ1) is 15.2. The normalized spacial score (nSPS) is 11.3. The Morgan fingerprint density at radius 2 is 1.19 bits per heavy atom. The molecule has 0 atom stereocenters. The average Bonchev–Trinajstić information content (AvgIpc) is 3.13. The van der Waals surface area contributed by atoms with E-state index in [1.807, 2.05) is 12.1 Å². The first-order valence-electron chi connectivity index (χ1n) is 11.8. The van der Waals surface area contributed by atoms with Crippen molar-refractivity contribution in [3.05, 3.63) is 77.4 Å². The number of hydrogen-bond donors (Lipinski definition) is 0. The second-order valence-electron chi connectivity index (χ2n) is 8.61. The lowest BCUT2D eigenvalue weighted by Crippen LogP contribution is -1.94. The lowest BCUT2D eigenvalue weighted by molar-refractivity contribution is 0.717. The van der Waals surface area contributed by atoms with E-state index in [0.717, 1.165) is 18.5 Å². The summed E-state index contributed by atoms with van der Waals surface area (Å²) in [5, 5.41) is 11.9. The zero-order chi connectivity index (χ0) is 21.6. The third kappa shape index (κ3) is 4.52. The van der Waals surface area contributed by atoms with Crippen LogP contribution in [0.3, 0.4) is 0 Å². The van der Waals surface area contributed by atoms with Gasteiger partial charge in [-0.1, -0.05) is 51.7 Å². The van der Waals surface area contributed by atoms with E-state index in [2.05, 4.69) is 73.0 Å². The van der Waals surface area contributed by atoms with Gasteiger partial charge in [-0.2, -0.15) is 5.26 Å². The number of fused-ring (bicyclic) bond motifs is 3. The topological polar surface area (TPSA) is 28.7 Å². The van der Waals surface area contributed by atoms with Crippen molar-refractivity contribution in [2.45, 2.75) is 65.2 Å². The molecule has 1 aromatic heterocycles. The van der Waals surface area contributed by atoms with Crippen molar-refractivity contribution in [2.24, 2.45) is 0 Å². The van der Waals surface area contributed by atoms with E-state index in [1.54, 1.807) is 0 Å². The summed E-state index contributed by atoms with van der Waals surface area (Å²) >= 11 is 0. The Morgan fingerprint density at radius 1 is 0.677 bits per heavy atom. The molecular weight excluding hydrogens is 376 g/mol. The summed E-state index contributed by atoms with van der Waals surface area (Å²) in [5.74, 6) is 0. The molecule has 31 heavy (non-hydrogen) atoms. The Labute approximate surface area is 186 Å². The maximum atomic E-state index is 9.18. The standard InChI is InChI=1S/C29H32N2/c1-3-5-7-9-22-13-17-28-26(19-22)27-20-23(10-8-6-4-2)14-18-29(27)31(28)25-15-11-24(21-30)12-16-25/h11-20H,3-10H2,1-2H3. The predicted molar refractivity (Wildman–Crippen MR) is 132 cm³/mol. The van der Waals surface area contributed by atoms with E-state index in [0.29, 0.717) is 5.56 Å². The molecule has 158 valence electrons. The van der Waals surface area contributed by atoms with Crippen LogP contribution in [-0.4, -0.2) is 4.57 Å². The largest absolute Gasteiger partial charge is 0.309 e. The van der Waals surface area contributed by atoms with E-state index in [-0.39, 0.29) is 0 Å². The van der Waals surface area contributed by atoms with Crippen LogP contribution in [0, 0.1) is 11.3 Å². The summed E-state index contributed by atoms with van der Waals surface area (Å²) in [6, 6.07) is 24.1. The highest BCUT2D eigenvalue weighted by Gasteiger charge is 2.13. The van der Waals surface area contributed by atoms with Crippen molar-refractivity contribution < 1.29 is 0 Å². The van der Waals surface area contributed by atoms with Gasteiger partial charge in [0.15, 0.2) is 0 Å². The van der Waals surface area contributed by atoms with Crippen molar-refractivity contribution >= 4 is 21.8 Å². The average molecular weight is 409 g/mol. The van der Waals surface area contributed by atoms with E-state index < -0.39 is 0 Å². The van der Waals surface area contributed by atoms with Crippen LogP contribution in [0.1, 0.15) is 69.1 Å². The van der Waals surface area contributed by atoms with Gasteiger partial charge in [0, 0.05) is 16.5 Å². The van der Waals surface area contributed by atoms with Gasteiger partial charge in [0.05, 0.1) is 22.7 Å². The fourth-order valence-electron chi connectivity index (χ4n) is 4.55. The minimum absolute atomic E-state index is 0.695. The summed E-state index contributed by atoms with van der Waals surface area (Å²) in [5.41, 5.74) is 7.14. The molecule has 0 unspecified atom stereocenters. The molecule has 0 N–H and O–H groups in total. The van der Waals surface area contributed by atoms with Gasteiger partial charge in [-0.25, -0.2) is 0 Å². The van der Waals surface area contributed by atoms with Crippen LogP contribution in [0.2, 0.25) is 0 Å². The number of benzene rings is 3. The Bertz CT molecular complexity index is 1140. The number of aromatic nitrogens is 1. The third-order valence-electron chi connectivity index (χ3n) is 6.29. The Hall–Kier alpha value is -3.05. The van der Waals surface area contributed by atoms with Gasteiger partial charge >= 0.3 is 0 Å². The quantitative estimate of drug-likeness (QED) is 0.257. The predicted octanol–water partition coefficient (Wildman–Crippen LogP) is 8.12. The van der Waals surface area contributed by atoms with Crippen LogP contribution >= 0.6 is 0 Å². The highest BCUT2D eigenvalue weighted by Crippen LogP contribution is 2.34. The molecule has 0 fully saturated rings. The molecule has 3 aromatic carbocycles. The summed E-state index contributed by atoms with van der Waals surface area (Å²) in [7, 11) is 0. The maximum Gasteiger partial charge on any atom is 0.0991 e. The number of unbranched alkanes of at least 4 members (excludes halogenated alkanes) is 4. The first-order valence-corrected chi connectivity index (χ1v) is 11.8. The van der Waals surface area contributed by atoms with Crippen molar-refractivity contribution in [1.82, 2.24) is 4.57 Å². The number of rotatable bonds is 9. The van der Waals surface area contributed by atoms with Crippen LogP contribution < -0.4 is 0 Å². The van der Waals surface area contributed by atoms with Gasteiger partial charge in [-0.15, -0.1) is 0 Å². The molecule has 0 saturated heterocycles. The van der Waals surface area contributed by atoms with Crippen molar-refractivity contribution in [3.8, 4) is 11.8 Å². The Morgan fingerprint density at radius 3 is 1.65 bits per heavy atom. The van der Waals surface area contributed by atoms with Gasteiger partial charge in [-0.3, -0.25) is 0 Å². The molecule has 2 nitrogen and oxygen atoms in total. The lowest BCUT2D eigenvalue weighted by atomic mass is 10.0. The molecule has 0 aliphatic rings. The van der Waals surface area contributed by atoms with Crippen molar-refractivity contribution in [3.63, 3.8) is 0 Å². The summed E-state index contributed by atoms with van der Waals surface area (Å²) in [6.07, 6.45) is 9.85. The van der Waals surface area contributed by atoms with Crippen molar-refractivity contribution in [1.29, 1.82) is 5.26 Å². The van der Waals surface area contributed by atoms with Crippen LogP contribution in [-0.2, 0) is 12.8 Å². The van der Waals surface area contributed by atoms with Gasteiger partial charge in [0.1, 0.15) is 0 Å². The monoisotopic (exact) mass is 408 g/mol. The van der Waals surface area contributed by atoms with Gasteiger partial charge in [0.25, 0.3) is 0 Å². The molecule has 1 heterocycles. The minimum Gasteiger partial charge on any atom is -0.309 e. The second-order valence-corrected chi connectivity index (χ2v) is 8.61. The van der Waals surface area contributed by atoms with Crippen LogP contribution in [0.4, 0.5) is 0 Å². The summed E-state index contributed by atoms with van der Waals surface area (Å²) in [6.45, 7) is 4.52. The lowest BCUT2D eigenvalue weighted by Gasteiger charge is -2.09. The van der Waals surface area contributed by atoms with Crippen LogP contribution in [0.5, 0.6) is 0 Å². The molecule has 0 saturated carbocycles. The molecule has 0 aliphatic heterocycles. The highest BCUT2D eigenvalue weighted by atomic mass is 15.0. The smallest absolute Gasteiger partial charge is 0.0991 e. The molecule has 0 radical (unpaired) electrons. The number of aryl methyl sites for hydroxylation is 2. The van der Waals surface area contributed by atoms with Gasteiger partial charge < -0.3 is 4.57 Å². The third-order valence-corrected chi connectivity index (χ3v) is 6.29. The first kappa shape index (κ1) is 21.2. The Balaban J connectivity index is 1.85. The fourth-order valence-corrected chi connectivity index (χ4v) is 4.55. The number of nitrogens with zero attached hydrogens (tertiary/aromatic N) is 2. The molecule has 0 aliphatic carbocycles. The van der Waals surface area contributed by atoms with Crippen LogP contribution in [0.15, 0.2) is 60.7 Å². The molecule has 0 amide bonds. The zero-order valence-corrected chi connectivity index (χ0v) is 18.8. The van der Waals surface area contributed by atoms with Crippen LogP contribution in [0.25, 0.3) is 27.5 Å². The summed E-state index contributed by atoms with van der Waals surface area (Å²) in [4.78, 5) is 0. The highest BCUT2D eigenvalue weighted by molar-refractivity contribution is 6.09. The second kappa shape index (κ2) is 9.84. The SMILES string of the molecule is CCCCCc1ccc2c(c1)c1cc(CCCCC)ccc1n2-c1ccc(C#N)cc1. The zero-order valence-electron chi connectivity index (χ0n) is 18.8. The molecule has 0 spiro atoms. The van der Waals surface area contributed by atoms with E-state index >= 15 is 0 Å². The molecular formula is C29H32N2. The Kier molecular flexibility index (Phi) is 6.73. The van der Waals surface area contributed by atoms with Gasteiger partial charge in [-0.05, 0) is 85.3 Å². The van der Waals surface area contributed by atoms with E-state index in [9.17, 15) is 5.26 Å². The van der Waals surface area contributed by atoms with E-state index in [4.69, 9.17) is 0 Å². The number of hydrogen-bond acceptors (Lipinski definition) is 1. The minimum atomic E-state index is 0.695. The van der Waals surface area contributed by atoms with E-state index in [1.165, 1.54) is 71.5 Å².